The molecule has 0 atom stereocenters. The fraction of sp³-hybridized carbons (Fsp3) is 0. The molecule has 0 N–H and O–H groups in total. The molecule has 8 aromatic carbocycles. The molecule has 0 bridgehead atoms. The van der Waals surface area contributed by atoms with Gasteiger partial charge in [-0.3, -0.25) is 4.57 Å². The summed E-state index contributed by atoms with van der Waals surface area (Å²) >= 11 is 0. The van der Waals surface area contributed by atoms with Gasteiger partial charge in [-0.05, 0) is 64.2 Å². The number of hydrogen-bond donors (Lipinski definition) is 0. The van der Waals surface area contributed by atoms with Crippen LogP contribution in [0.15, 0.2) is 199 Å². The van der Waals surface area contributed by atoms with Gasteiger partial charge in [0.2, 0.25) is 5.95 Å². The summed E-state index contributed by atoms with van der Waals surface area (Å²) in [4.78, 5) is 15.6. The summed E-state index contributed by atoms with van der Waals surface area (Å²) < 4.78 is 8.72. The Labute approximate surface area is 322 Å². The van der Waals surface area contributed by atoms with Crippen LogP contribution in [0.3, 0.4) is 0 Å². The molecule has 11 aromatic rings. The highest BCUT2D eigenvalue weighted by molar-refractivity contribution is 6.14. The Kier molecular flexibility index (Phi) is 7.42. The smallest absolute Gasteiger partial charge is 0.238 e. The normalized spacial score (nSPS) is 11.6. The minimum Gasteiger partial charge on any atom is -0.456 e. The van der Waals surface area contributed by atoms with Crippen LogP contribution in [0.25, 0.3) is 106 Å². The zero-order chi connectivity index (χ0) is 37.0. The molecule has 0 saturated heterocycles. The van der Waals surface area contributed by atoms with Crippen LogP contribution in [0.5, 0.6) is 0 Å². The van der Waals surface area contributed by atoms with Gasteiger partial charge in [0, 0.05) is 38.2 Å². The summed E-state index contributed by atoms with van der Waals surface area (Å²) in [6.07, 6.45) is 0. The molecular weight excluding hydrogens is 685 g/mol. The van der Waals surface area contributed by atoms with Crippen molar-refractivity contribution in [2.75, 3.05) is 0 Å². The lowest BCUT2D eigenvalue weighted by molar-refractivity contribution is 0.669. The Morgan fingerprint density at radius 1 is 0.339 bits per heavy atom. The summed E-state index contributed by atoms with van der Waals surface area (Å²) in [6, 6.07) is 67.4. The molecule has 0 spiro atoms. The maximum absolute atomic E-state index is 6.52. The van der Waals surface area contributed by atoms with E-state index in [2.05, 4.69) is 156 Å². The van der Waals surface area contributed by atoms with Gasteiger partial charge in [0.1, 0.15) is 11.2 Å². The second-order valence-electron chi connectivity index (χ2n) is 14.0. The first-order valence-electron chi connectivity index (χ1n) is 18.8. The Morgan fingerprint density at radius 3 is 1.70 bits per heavy atom. The lowest BCUT2D eigenvalue weighted by Gasteiger charge is -2.13. The molecule has 0 unspecified atom stereocenters. The third kappa shape index (κ3) is 5.37. The summed E-state index contributed by atoms with van der Waals surface area (Å²) in [5, 5.41) is 4.42. The molecule has 0 saturated carbocycles. The predicted molar refractivity (Wildman–Crippen MR) is 229 cm³/mol. The fourth-order valence-corrected chi connectivity index (χ4v) is 7.99. The molecule has 0 aliphatic carbocycles. The third-order valence-electron chi connectivity index (χ3n) is 10.7. The average molecular weight is 717 g/mol. The number of furan rings is 1. The van der Waals surface area contributed by atoms with Gasteiger partial charge in [0.25, 0.3) is 0 Å². The van der Waals surface area contributed by atoms with Crippen molar-refractivity contribution >= 4 is 43.7 Å². The molecule has 0 fully saturated rings. The van der Waals surface area contributed by atoms with E-state index in [9.17, 15) is 0 Å². The molecule has 0 radical (unpaired) electrons. The largest absolute Gasteiger partial charge is 0.456 e. The van der Waals surface area contributed by atoms with E-state index >= 15 is 0 Å². The zero-order valence-corrected chi connectivity index (χ0v) is 30.2. The highest BCUT2D eigenvalue weighted by Crippen LogP contribution is 2.40. The lowest BCUT2D eigenvalue weighted by atomic mass is 9.99. The number of benzene rings is 8. The number of aromatic nitrogens is 4. The first kappa shape index (κ1) is 31.9. The van der Waals surface area contributed by atoms with Gasteiger partial charge in [-0.25, -0.2) is 4.98 Å². The van der Waals surface area contributed by atoms with E-state index in [-0.39, 0.29) is 0 Å². The first-order valence-corrected chi connectivity index (χ1v) is 18.8. The Balaban J connectivity index is 1.13. The molecule has 5 nitrogen and oxygen atoms in total. The van der Waals surface area contributed by atoms with Crippen molar-refractivity contribution < 1.29 is 4.42 Å². The van der Waals surface area contributed by atoms with E-state index in [0.29, 0.717) is 17.6 Å². The van der Waals surface area contributed by atoms with Crippen LogP contribution >= 0.6 is 0 Å². The molecule has 3 heterocycles. The summed E-state index contributed by atoms with van der Waals surface area (Å²) in [5.41, 5.74) is 12.3. The van der Waals surface area contributed by atoms with Crippen LogP contribution in [0.4, 0.5) is 0 Å². The van der Waals surface area contributed by atoms with Crippen LogP contribution < -0.4 is 0 Å². The van der Waals surface area contributed by atoms with E-state index in [1.165, 1.54) is 5.56 Å². The van der Waals surface area contributed by atoms with Gasteiger partial charge in [-0.15, -0.1) is 0 Å². The van der Waals surface area contributed by atoms with E-state index in [1.54, 1.807) is 0 Å². The SMILES string of the molecule is c1ccc(-c2cccc(-c3nc(-c4ccccc4)nc(-n4c5ccccc5c5cccc(-c6ccc7c(c6)oc6ccc(-c8ccccc8)cc67)c54)n3)c2)cc1. The second-order valence-corrected chi connectivity index (χ2v) is 14.0. The van der Waals surface area contributed by atoms with Gasteiger partial charge in [-0.1, -0.05) is 158 Å². The van der Waals surface area contributed by atoms with Crippen molar-refractivity contribution in [2.45, 2.75) is 0 Å². The lowest BCUT2D eigenvalue weighted by Crippen LogP contribution is -2.07. The number of fused-ring (bicyclic) bond motifs is 6. The monoisotopic (exact) mass is 716 g/mol. The van der Waals surface area contributed by atoms with Crippen LogP contribution in [-0.2, 0) is 0 Å². The highest BCUT2D eigenvalue weighted by atomic mass is 16.3. The minimum atomic E-state index is 0.552. The number of hydrogen-bond acceptors (Lipinski definition) is 4. The molecule has 0 amide bonds. The summed E-state index contributed by atoms with van der Waals surface area (Å²) in [5.74, 6) is 1.77. The maximum Gasteiger partial charge on any atom is 0.238 e. The van der Waals surface area contributed by atoms with Gasteiger partial charge < -0.3 is 4.42 Å². The van der Waals surface area contributed by atoms with Crippen LogP contribution in [0, 0.1) is 0 Å². The number of para-hydroxylation sites is 2. The maximum atomic E-state index is 6.52. The molecular formula is C51H32N4O. The number of rotatable bonds is 6. The van der Waals surface area contributed by atoms with Crippen molar-refractivity contribution in [3.63, 3.8) is 0 Å². The molecule has 56 heavy (non-hydrogen) atoms. The first-order chi connectivity index (χ1) is 27.7. The number of nitrogens with zero attached hydrogens (tertiary/aromatic N) is 4. The summed E-state index contributed by atoms with van der Waals surface area (Å²) in [7, 11) is 0. The van der Waals surface area contributed by atoms with Gasteiger partial charge in [-0.2, -0.15) is 9.97 Å². The Morgan fingerprint density at radius 2 is 0.929 bits per heavy atom. The third-order valence-corrected chi connectivity index (χ3v) is 10.7. The van der Waals surface area contributed by atoms with E-state index < -0.39 is 0 Å². The van der Waals surface area contributed by atoms with Gasteiger partial charge >= 0.3 is 0 Å². The predicted octanol–water partition coefficient (Wildman–Crippen LogP) is 13.2. The zero-order valence-electron chi connectivity index (χ0n) is 30.2. The summed E-state index contributed by atoms with van der Waals surface area (Å²) in [6.45, 7) is 0. The topological polar surface area (TPSA) is 56.7 Å². The Bertz CT molecular complexity index is 3240. The van der Waals surface area contributed by atoms with Crippen molar-refractivity contribution in [1.29, 1.82) is 0 Å². The minimum absolute atomic E-state index is 0.552. The quantitative estimate of drug-likeness (QED) is 0.172. The average Bonchev–Trinajstić information content (AvgIpc) is 3.82. The van der Waals surface area contributed by atoms with E-state index in [4.69, 9.17) is 19.4 Å². The van der Waals surface area contributed by atoms with Crippen molar-refractivity contribution in [3.8, 4) is 62.1 Å². The molecule has 0 aliphatic heterocycles. The van der Waals surface area contributed by atoms with Crippen LogP contribution in [0.2, 0.25) is 0 Å². The standard InChI is InChI=1S/C51H32N4O/c1-4-14-33(15-5-1)36-20-12-21-39(30-36)50-52-49(35-18-8-3-9-19-35)53-51(54-50)55-45-25-11-10-22-41(45)43-24-13-23-40(48(43)55)38-26-28-42-44-31-37(34-16-6-2-7-17-34)27-29-46(44)56-47(42)32-38/h1-32H. The fourth-order valence-electron chi connectivity index (χ4n) is 7.99. The van der Waals surface area contributed by atoms with Crippen molar-refractivity contribution in [2.24, 2.45) is 0 Å². The van der Waals surface area contributed by atoms with Gasteiger partial charge in [0.15, 0.2) is 11.6 Å². The van der Waals surface area contributed by atoms with Crippen LogP contribution in [-0.4, -0.2) is 19.5 Å². The Hall–Kier alpha value is -7.63. The van der Waals surface area contributed by atoms with Crippen molar-refractivity contribution in [1.82, 2.24) is 19.5 Å². The molecule has 5 heteroatoms. The van der Waals surface area contributed by atoms with Gasteiger partial charge in [0.05, 0.1) is 11.0 Å². The van der Waals surface area contributed by atoms with E-state index in [1.807, 2.05) is 42.5 Å². The van der Waals surface area contributed by atoms with E-state index in [0.717, 1.165) is 82.7 Å². The second kappa shape index (κ2) is 13.0. The molecule has 11 rings (SSSR count). The molecule has 262 valence electrons. The molecule has 0 aliphatic rings. The molecule has 3 aromatic heterocycles. The highest BCUT2D eigenvalue weighted by Gasteiger charge is 2.21. The van der Waals surface area contributed by atoms with Crippen LogP contribution in [0.1, 0.15) is 0 Å². The van der Waals surface area contributed by atoms with Crippen molar-refractivity contribution in [3.05, 3.63) is 194 Å².